The van der Waals surface area contributed by atoms with Gasteiger partial charge >= 0.3 is 18.2 Å². The van der Waals surface area contributed by atoms with Crippen molar-refractivity contribution in [2.24, 2.45) is 0 Å². The van der Waals surface area contributed by atoms with Gasteiger partial charge in [-0.15, -0.1) is 0 Å². The van der Waals surface area contributed by atoms with Crippen molar-refractivity contribution in [1.29, 1.82) is 0 Å². The van der Waals surface area contributed by atoms with Crippen LogP contribution in [0.4, 0.5) is 20.1 Å². The van der Waals surface area contributed by atoms with Gasteiger partial charge in [0.25, 0.3) is 0 Å². The lowest BCUT2D eigenvalue weighted by atomic mass is 10.1. The Morgan fingerprint density at radius 2 is 1.54 bits per heavy atom. The summed E-state index contributed by atoms with van der Waals surface area (Å²) in [7, 11) is 0. The molecule has 1 aromatic rings. The summed E-state index contributed by atoms with van der Waals surface area (Å²) >= 11 is 3.34. The molecule has 26 heavy (non-hydrogen) atoms. The van der Waals surface area contributed by atoms with Gasteiger partial charge in [-0.05, 0) is 59.2 Å². The molecule has 0 atom stereocenters. The van der Waals surface area contributed by atoms with Crippen LogP contribution < -0.4 is 4.90 Å². The molecular formula is C18H23BrN2O5. The van der Waals surface area contributed by atoms with Crippen molar-refractivity contribution < 1.29 is 23.9 Å². The summed E-state index contributed by atoms with van der Waals surface area (Å²) in [6, 6.07) is 4.35. The van der Waals surface area contributed by atoms with E-state index < -0.39 is 29.4 Å². The zero-order chi connectivity index (χ0) is 19.9. The third-order valence-electron chi connectivity index (χ3n) is 3.23. The van der Waals surface area contributed by atoms with Gasteiger partial charge in [-0.2, -0.15) is 4.90 Å². The first-order valence-corrected chi connectivity index (χ1v) is 8.94. The fourth-order valence-electron chi connectivity index (χ4n) is 2.28. The van der Waals surface area contributed by atoms with Crippen LogP contribution in [-0.4, -0.2) is 34.3 Å². The number of nitrogens with zero attached hydrogens (tertiary/aromatic N) is 2. The topological polar surface area (TPSA) is 76.2 Å². The lowest BCUT2D eigenvalue weighted by Gasteiger charge is -2.36. The number of carbonyl (C=O) groups is 3. The first kappa shape index (κ1) is 20.2. The van der Waals surface area contributed by atoms with Crippen molar-refractivity contribution >= 4 is 39.8 Å². The Balaban J connectivity index is 2.44. The van der Waals surface area contributed by atoms with Gasteiger partial charge in [0.1, 0.15) is 11.2 Å². The van der Waals surface area contributed by atoms with Gasteiger partial charge in [-0.1, -0.05) is 22.0 Å². The highest BCUT2D eigenvalue weighted by atomic mass is 79.9. The molecule has 0 unspecified atom stereocenters. The van der Waals surface area contributed by atoms with Crippen molar-refractivity contribution in [3.05, 3.63) is 28.2 Å². The molecule has 0 saturated carbocycles. The first-order valence-electron chi connectivity index (χ1n) is 8.14. The van der Waals surface area contributed by atoms with E-state index in [1.165, 1.54) is 0 Å². The number of fused-ring (bicyclic) bond motifs is 1. The van der Waals surface area contributed by atoms with Crippen molar-refractivity contribution in [3.63, 3.8) is 0 Å². The lowest BCUT2D eigenvalue weighted by Crippen LogP contribution is -2.54. The summed E-state index contributed by atoms with van der Waals surface area (Å²) in [5.41, 5.74) is -0.561. The number of hydrogen-bond donors (Lipinski definition) is 0. The summed E-state index contributed by atoms with van der Waals surface area (Å²) in [5.74, 6) is 0. The van der Waals surface area contributed by atoms with Gasteiger partial charge < -0.3 is 9.47 Å². The third-order valence-corrected chi connectivity index (χ3v) is 3.72. The summed E-state index contributed by atoms with van der Waals surface area (Å²) in [6.07, 6.45) is -1.67. The normalized spacial score (nSPS) is 14.8. The van der Waals surface area contributed by atoms with Crippen molar-refractivity contribution in [2.75, 3.05) is 4.90 Å². The van der Waals surface area contributed by atoms with Crippen molar-refractivity contribution in [3.8, 4) is 0 Å². The summed E-state index contributed by atoms with van der Waals surface area (Å²) in [4.78, 5) is 39.7. The van der Waals surface area contributed by atoms with E-state index in [1.54, 1.807) is 59.7 Å². The van der Waals surface area contributed by atoms with E-state index in [-0.39, 0.29) is 6.54 Å². The van der Waals surface area contributed by atoms with Gasteiger partial charge in [-0.25, -0.2) is 19.3 Å². The van der Waals surface area contributed by atoms with E-state index in [2.05, 4.69) is 15.9 Å². The lowest BCUT2D eigenvalue weighted by molar-refractivity contribution is 0.0301. The van der Waals surface area contributed by atoms with Crippen LogP contribution in [0, 0.1) is 0 Å². The molecular weight excluding hydrogens is 404 g/mol. The van der Waals surface area contributed by atoms with E-state index in [0.29, 0.717) is 15.7 Å². The number of urea groups is 1. The second kappa shape index (κ2) is 6.90. The standard InChI is InChI=1S/C18H23BrN2O5/c1-17(2,3)25-15(23)20-10-11-7-8-12(19)9-13(11)21(14(20)22)16(24)26-18(4,5)6/h7-9H,10H2,1-6H3. The Morgan fingerprint density at radius 3 is 2.08 bits per heavy atom. The van der Waals surface area contributed by atoms with E-state index >= 15 is 0 Å². The zero-order valence-electron chi connectivity index (χ0n) is 15.8. The highest BCUT2D eigenvalue weighted by molar-refractivity contribution is 9.10. The van der Waals surface area contributed by atoms with Crippen LogP contribution in [0.25, 0.3) is 0 Å². The van der Waals surface area contributed by atoms with Crippen LogP contribution in [0.3, 0.4) is 0 Å². The summed E-state index contributed by atoms with van der Waals surface area (Å²) in [5, 5.41) is 0. The second-order valence-corrected chi connectivity index (χ2v) is 8.85. The second-order valence-electron chi connectivity index (χ2n) is 7.94. The maximum Gasteiger partial charge on any atom is 0.423 e. The highest BCUT2D eigenvalue weighted by Crippen LogP contribution is 2.33. The molecule has 1 aliphatic rings. The van der Waals surface area contributed by atoms with Crippen LogP contribution in [0.2, 0.25) is 0 Å². The number of ether oxygens (including phenoxy) is 2. The average molecular weight is 427 g/mol. The summed E-state index contributed by atoms with van der Waals surface area (Å²) in [6.45, 7) is 10.2. The maximum atomic E-state index is 12.9. The number of rotatable bonds is 0. The minimum absolute atomic E-state index is 0.00958. The Kier molecular flexibility index (Phi) is 5.37. The minimum Gasteiger partial charge on any atom is -0.443 e. The fraction of sp³-hybridized carbons (Fsp3) is 0.500. The number of carbonyl (C=O) groups excluding carboxylic acids is 3. The van der Waals surface area contributed by atoms with Crippen LogP contribution in [0.15, 0.2) is 22.7 Å². The molecule has 142 valence electrons. The SMILES string of the molecule is CC(C)(C)OC(=O)N1Cc2ccc(Br)cc2N(C(=O)OC(C)(C)C)C1=O. The van der Waals surface area contributed by atoms with E-state index in [1.807, 2.05) is 0 Å². The minimum atomic E-state index is -0.852. The molecule has 7 nitrogen and oxygen atoms in total. The van der Waals surface area contributed by atoms with E-state index in [4.69, 9.17) is 9.47 Å². The van der Waals surface area contributed by atoms with Gasteiger partial charge in [-0.3, -0.25) is 0 Å². The molecule has 0 saturated heterocycles. The van der Waals surface area contributed by atoms with Crippen LogP contribution in [0.1, 0.15) is 47.1 Å². The average Bonchev–Trinajstić information content (AvgIpc) is 2.42. The van der Waals surface area contributed by atoms with Gasteiger partial charge in [0.2, 0.25) is 0 Å². The number of amides is 4. The van der Waals surface area contributed by atoms with Gasteiger partial charge in [0.15, 0.2) is 0 Å². The number of hydrogen-bond acceptors (Lipinski definition) is 5. The largest absolute Gasteiger partial charge is 0.443 e. The van der Waals surface area contributed by atoms with Crippen LogP contribution in [-0.2, 0) is 16.0 Å². The molecule has 0 bridgehead atoms. The molecule has 0 radical (unpaired) electrons. The van der Waals surface area contributed by atoms with Gasteiger partial charge in [0, 0.05) is 4.47 Å². The third kappa shape index (κ3) is 4.75. The molecule has 1 aliphatic heterocycles. The van der Waals surface area contributed by atoms with E-state index in [9.17, 15) is 14.4 Å². The molecule has 1 heterocycles. The Labute approximate surface area is 161 Å². The van der Waals surface area contributed by atoms with Crippen LogP contribution >= 0.6 is 15.9 Å². The predicted octanol–water partition coefficient (Wildman–Crippen LogP) is 5.06. The maximum absolute atomic E-state index is 12.9. The van der Waals surface area contributed by atoms with Crippen molar-refractivity contribution in [1.82, 2.24) is 4.90 Å². The van der Waals surface area contributed by atoms with E-state index in [0.717, 1.165) is 9.80 Å². The molecule has 0 N–H and O–H groups in total. The predicted molar refractivity (Wildman–Crippen MR) is 100 cm³/mol. The monoisotopic (exact) mass is 426 g/mol. The molecule has 0 spiro atoms. The number of anilines is 1. The number of benzene rings is 1. The smallest absolute Gasteiger partial charge is 0.423 e. The summed E-state index contributed by atoms with van der Waals surface area (Å²) < 4.78 is 11.3. The molecule has 0 fully saturated rings. The molecule has 8 heteroatoms. The Hall–Kier alpha value is -2.09. The molecule has 0 aromatic heterocycles. The highest BCUT2D eigenvalue weighted by Gasteiger charge is 2.41. The molecule has 2 rings (SSSR count). The quantitative estimate of drug-likeness (QED) is 0.579. The number of imide groups is 2. The molecule has 4 amide bonds. The van der Waals surface area contributed by atoms with Crippen LogP contribution in [0.5, 0.6) is 0 Å². The molecule has 1 aromatic carbocycles. The Morgan fingerprint density at radius 1 is 1.00 bits per heavy atom. The number of halogens is 1. The van der Waals surface area contributed by atoms with Gasteiger partial charge in [0.05, 0.1) is 12.2 Å². The zero-order valence-corrected chi connectivity index (χ0v) is 17.3. The fourth-order valence-corrected chi connectivity index (χ4v) is 2.63. The first-order chi connectivity index (χ1) is 11.8. The molecule has 0 aliphatic carbocycles. The Bertz CT molecular complexity index is 749. The van der Waals surface area contributed by atoms with Crippen molar-refractivity contribution in [2.45, 2.75) is 59.3 Å².